The van der Waals surface area contributed by atoms with Crippen molar-refractivity contribution in [1.29, 1.82) is 0 Å². The highest BCUT2D eigenvalue weighted by molar-refractivity contribution is 6.25. The van der Waals surface area contributed by atoms with Crippen LogP contribution in [0, 0.1) is 27.8 Å². The molecule has 2 aromatic rings. The molecule has 9 nitrogen and oxygen atoms in total. The molecule has 4 atom stereocenters. The molecule has 0 saturated carbocycles. The largest absolute Gasteiger partial charge is 0.324 e. The fourth-order valence-corrected chi connectivity index (χ4v) is 6.18. The number of nitro groups is 1. The van der Waals surface area contributed by atoms with Crippen LogP contribution in [0.4, 0.5) is 21.5 Å². The number of nitro benzene ring substituents is 1. The van der Waals surface area contributed by atoms with E-state index >= 15 is 0 Å². The number of non-ortho nitro benzene ring substituents is 1. The van der Waals surface area contributed by atoms with Crippen molar-refractivity contribution in [3.8, 4) is 0 Å². The van der Waals surface area contributed by atoms with Gasteiger partial charge in [0, 0.05) is 29.4 Å². The Balaban J connectivity index is 1.54. The Bertz CT molecular complexity index is 1250. The zero-order valence-electron chi connectivity index (χ0n) is 16.7. The van der Waals surface area contributed by atoms with Gasteiger partial charge >= 0.3 is 0 Å². The molecule has 0 unspecified atom stereocenters. The first-order valence-corrected chi connectivity index (χ1v) is 10.4. The maximum atomic E-state index is 14.3. The lowest BCUT2D eigenvalue weighted by Gasteiger charge is -2.36. The topological polar surface area (TPSA) is 113 Å². The third-order valence-corrected chi connectivity index (χ3v) is 7.25. The number of hydrogen-bond acceptors (Lipinski definition) is 6. The smallest absolute Gasteiger partial charge is 0.271 e. The molecule has 6 rings (SSSR count). The quantitative estimate of drug-likeness (QED) is 0.439. The zero-order valence-corrected chi connectivity index (χ0v) is 16.7. The van der Waals surface area contributed by atoms with Gasteiger partial charge in [-0.3, -0.25) is 29.4 Å². The summed E-state index contributed by atoms with van der Waals surface area (Å²) in [6, 6.07) is 8.95. The molecule has 3 amide bonds. The van der Waals surface area contributed by atoms with Crippen molar-refractivity contribution >= 4 is 34.8 Å². The van der Waals surface area contributed by atoms with Gasteiger partial charge in [0.15, 0.2) is 0 Å². The molecular weight excluding hydrogens is 419 g/mol. The summed E-state index contributed by atoms with van der Waals surface area (Å²) in [6.07, 6.45) is 1.37. The molecule has 10 heteroatoms. The predicted molar refractivity (Wildman–Crippen MR) is 109 cm³/mol. The molecule has 4 aliphatic heterocycles. The summed E-state index contributed by atoms with van der Waals surface area (Å²) in [4.78, 5) is 54.2. The first kappa shape index (κ1) is 19.1. The Morgan fingerprint density at radius 3 is 2.72 bits per heavy atom. The van der Waals surface area contributed by atoms with Crippen molar-refractivity contribution in [2.75, 3.05) is 16.8 Å². The monoisotopic (exact) mass is 436 g/mol. The number of amides is 3. The molecule has 0 aromatic heterocycles. The molecule has 2 aromatic carbocycles. The lowest BCUT2D eigenvalue weighted by molar-refractivity contribution is -0.384. The Morgan fingerprint density at radius 2 is 1.94 bits per heavy atom. The Hall–Kier alpha value is -3.66. The summed E-state index contributed by atoms with van der Waals surface area (Å²) in [5.41, 5.74) is -0.837. The molecule has 0 bridgehead atoms. The van der Waals surface area contributed by atoms with Gasteiger partial charge in [0.2, 0.25) is 17.7 Å². The summed E-state index contributed by atoms with van der Waals surface area (Å²) in [5, 5.41) is 14.0. The third-order valence-electron chi connectivity index (χ3n) is 7.25. The highest BCUT2D eigenvalue weighted by Crippen LogP contribution is 2.60. The lowest BCUT2D eigenvalue weighted by atomic mass is 9.75. The van der Waals surface area contributed by atoms with Crippen LogP contribution < -0.4 is 10.2 Å². The first-order valence-electron chi connectivity index (χ1n) is 10.4. The standard InChI is InChI=1S/C22H17FN4O5/c23-11-6-7-15-14(9-11)22(21(30)24-15)18-17(16-5-2-8-25(16)22)19(28)26(20(18)29)12-3-1-4-13(10-12)27(31)32/h1,3-4,6-7,9-10,16-18H,2,5,8H2,(H,24,30)/t16-,17-,18-,22+/m0/s1. The molecule has 1 N–H and O–H groups in total. The molecule has 1 spiro atoms. The van der Waals surface area contributed by atoms with Crippen molar-refractivity contribution in [1.82, 2.24) is 4.90 Å². The summed E-state index contributed by atoms with van der Waals surface area (Å²) in [7, 11) is 0. The highest BCUT2D eigenvalue weighted by Gasteiger charge is 2.74. The molecular formula is C22H17FN4O5. The third kappa shape index (κ3) is 2.12. The minimum absolute atomic E-state index is 0.0983. The molecule has 4 aliphatic rings. The van der Waals surface area contributed by atoms with E-state index in [0.717, 1.165) is 11.3 Å². The van der Waals surface area contributed by atoms with E-state index in [1.807, 2.05) is 4.90 Å². The number of rotatable bonds is 2. The van der Waals surface area contributed by atoms with Crippen molar-refractivity contribution in [3.63, 3.8) is 0 Å². The van der Waals surface area contributed by atoms with Gasteiger partial charge in [0.25, 0.3) is 5.69 Å². The number of imide groups is 1. The number of carbonyl (C=O) groups excluding carboxylic acids is 3. The summed E-state index contributed by atoms with van der Waals surface area (Å²) >= 11 is 0. The maximum absolute atomic E-state index is 14.3. The number of nitrogens with one attached hydrogen (secondary N) is 1. The van der Waals surface area contributed by atoms with Gasteiger partial charge in [-0.25, -0.2) is 9.29 Å². The minimum Gasteiger partial charge on any atom is -0.324 e. The number of fused-ring (bicyclic) bond motifs is 7. The number of carbonyl (C=O) groups is 3. The van der Waals surface area contributed by atoms with E-state index in [-0.39, 0.29) is 17.4 Å². The van der Waals surface area contributed by atoms with E-state index in [4.69, 9.17) is 0 Å². The Morgan fingerprint density at radius 1 is 1.12 bits per heavy atom. The van der Waals surface area contributed by atoms with Crippen LogP contribution in [0.3, 0.4) is 0 Å². The Kier molecular flexibility index (Phi) is 3.69. The van der Waals surface area contributed by atoms with Gasteiger partial charge in [-0.15, -0.1) is 0 Å². The van der Waals surface area contributed by atoms with Gasteiger partial charge in [-0.2, -0.15) is 0 Å². The van der Waals surface area contributed by atoms with Crippen LogP contribution in [-0.4, -0.2) is 40.1 Å². The van der Waals surface area contributed by atoms with Crippen molar-refractivity contribution < 1.29 is 23.7 Å². The molecule has 162 valence electrons. The van der Waals surface area contributed by atoms with E-state index in [2.05, 4.69) is 5.32 Å². The second-order valence-electron chi connectivity index (χ2n) is 8.61. The SMILES string of the molecule is O=C1[C@@H]2[C@@H](C(=O)N1c1cccc([N+](=O)[O-])c1)[C@]1(C(=O)Nc3ccc(F)cc31)N1CCC[C@@H]21. The second kappa shape index (κ2) is 6.19. The predicted octanol–water partition coefficient (Wildman–Crippen LogP) is 2.17. The number of nitrogens with zero attached hydrogens (tertiary/aromatic N) is 3. The number of benzene rings is 2. The molecule has 3 saturated heterocycles. The number of halogens is 1. The van der Waals surface area contributed by atoms with E-state index in [0.29, 0.717) is 24.2 Å². The molecule has 0 radical (unpaired) electrons. The highest BCUT2D eigenvalue weighted by atomic mass is 19.1. The molecule has 4 heterocycles. The second-order valence-corrected chi connectivity index (χ2v) is 8.61. The normalized spacial score (nSPS) is 30.6. The molecule has 3 fully saturated rings. The average molecular weight is 436 g/mol. The zero-order chi connectivity index (χ0) is 22.4. The fourth-order valence-electron chi connectivity index (χ4n) is 6.18. The minimum atomic E-state index is -1.48. The number of hydrogen-bond donors (Lipinski definition) is 1. The molecule has 0 aliphatic carbocycles. The van der Waals surface area contributed by atoms with Crippen LogP contribution in [-0.2, 0) is 19.9 Å². The van der Waals surface area contributed by atoms with Crippen molar-refractivity contribution in [2.45, 2.75) is 24.4 Å². The van der Waals surface area contributed by atoms with E-state index in [9.17, 15) is 28.9 Å². The van der Waals surface area contributed by atoms with E-state index in [1.165, 1.54) is 42.5 Å². The fraction of sp³-hybridized carbons (Fsp3) is 0.318. The van der Waals surface area contributed by atoms with Gasteiger partial charge in [-0.05, 0) is 43.7 Å². The van der Waals surface area contributed by atoms with Crippen LogP contribution in [0.25, 0.3) is 0 Å². The van der Waals surface area contributed by atoms with Crippen LogP contribution >= 0.6 is 0 Å². The van der Waals surface area contributed by atoms with E-state index < -0.39 is 45.8 Å². The van der Waals surface area contributed by atoms with Gasteiger partial charge in [0.05, 0.1) is 22.4 Å². The average Bonchev–Trinajstić information content (AvgIpc) is 3.46. The summed E-state index contributed by atoms with van der Waals surface area (Å²) in [6.45, 7) is 0.512. The lowest BCUT2D eigenvalue weighted by Crippen LogP contribution is -2.54. The maximum Gasteiger partial charge on any atom is 0.271 e. The van der Waals surface area contributed by atoms with Gasteiger partial charge < -0.3 is 5.32 Å². The van der Waals surface area contributed by atoms with Gasteiger partial charge in [0.1, 0.15) is 11.4 Å². The van der Waals surface area contributed by atoms with E-state index in [1.54, 1.807) is 0 Å². The van der Waals surface area contributed by atoms with Crippen LogP contribution in [0.15, 0.2) is 42.5 Å². The Labute approximate surface area is 180 Å². The van der Waals surface area contributed by atoms with Crippen molar-refractivity contribution in [3.05, 3.63) is 64.0 Å². The van der Waals surface area contributed by atoms with Crippen LogP contribution in [0.5, 0.6) is 0 Å². The summed E-state index contributed by atoms with van der Waals surface area (Å²) < 4.78 is 14.3. The van der Waals surface area contributed by atoms with Crippen molar-refractivity contribution in [2.24, 2.45) is 11.8 Å². The molecule has 32 heavy (non-hydrogen) atoms. The number of anilines is 2. The van der Waals surface area contributed by atoms with Crippen LogP contribution in [0.1, 0.15) is 18.4 Å². The van der Waals surface area contributed by atoms with Crippen LogP contribution in [0.2, 0.25) is 0 Å². The first-order chi connectivity index (χ1) is 15.4. The van der Waals surface area contributed by atoms with Gasteiger partial charge in [-0.1, -0.05) is 6.07 Å². The summed E-state index contributed by atoms with van der Waals surface area (Å²) in [5.74, 6) is -3.88.